The fourth-order valence-corrected chi connectivity index (χ4v) is 2.98. The summed E-state index contributed by atoms with van der Waals surface area (Å²) in [4.78, 5) is 25.7. The maximum atomic E-state index is 12.2. The van der Waals surface area contributed by atoms with Crippen molar-refractivity contribution < 1.29 is 9.59 Å². The molecule has 0 aromatic heterocycles. The predicted octanol–water partition coefficient (Wildman–Crippen LogP) is -0.0310. The van der Waals surface area contributed by atoms with Crippen LogP contribution >= 0.6 is 0 Å². The van der Waals surface area contributed by atoms with E-state index >= 15 is 0 Å². The van der Waals surface area contributed by atoms with E-state index in [0.717, 1.165) is 19.6 Å². The zero-order valence-corrected chi connectivity index (χ0v) is 11.2. The highest BCUT2D eigenvalue weighted by Gasteiger charge is 2.30. The fraction of sp³-hybridized carbons (Fsp3) is 0.846. The van der Waals surface area contributed by atoms with Crippen molar-refractivity contribution >= 4 is 11.8 Å². The number of rotatable bonds is 2. The first-order valence-electron chi connectivity index (χ1n) is 6.85. The molecular weight excluding hydrogens is 230 g/mol. The maximum Gasteiger partial charge on any atom is 0.237 e. The minimum atomic E-state index is -0.348. The molecule has 2 aliphatic rings. The van der Waals surface area contributed by atoms with Crippen molar-refractivity contribution in [3.63, 3.8) is 0 Å². The molecular formula is C13H23N3O2. The number of nitrogens with one attached hydrogen (secondary N) is 2. The largest absolute Gasteiger partial charge is 0.353 e. The number of piperidine rings is 1. The molecule has 18 heavy (non-hydrogen) atoms. The number of nitrogens with zero attached hydrogens (tertiary/aromatic N) is 1. The summed E-state index contributed by atoms with van der Waals surface area (Å²) in [5.41, 5.74) is 0. The molecule has 5 nitrogen and oxygen atoms in total. The lowest BCUT2D eigenvalue weighted by Crippen LogP contribution is -2.55. The normalized spacial score (nSPS) is 33.1. The van der Waals surface area contributed by atoms with Gasteiger partial charge in [-0.1, -0.05) is 13.8 Å². The molecule has 102 valence electrons. The van der Waals surface area contributed by atoms with Gasteiger partial charge in [0.1, 0.15) is 0 Å². The second-order valence-corrected chi connectivity index (χ2v) is 5.75. The Hall–Kier alpha value is -1.10. The number of hydrogen-bond acceptors (Lipinski definition) is 3. The fourth-order valence-electron chi connectivity index (χ4n) is 2.98. The molecule has 3 atom stereocenters. The Kier molecular flexibility index (Phi) is 4.22. The summed E-state index contributed by atoms with van der Waals surface area (Å²) in [5, 5.41) is 5.89. The number of amides is 2. The number of likely N-dealkylation sites (tertiary alicyclic amines) is 1. The Bertz CT molecular complexity index is 322. The Morgan fingerprint density at radius 1 is 1.28 bits per heavy atom. The van der Waals surface area contributed by atoms with Gasteiger partial charge < -0.3 is 15.5 Å². The van der Waals surface area contributed by atoms with Crippen LogP contribution in [0.2, 0.25) is 0 Å². The molecule has 2 N–H and O–H groups in total. The third-order valence-electron chi connectivity index (χ3n) is 3.73. The summed E-state index contributed by atoms with van der Waals surface area (Å²) in [7, 11) is 0. The van der Waals surface area contributed by atoms with Gasteiger partial charge in [0.25, 0.3) is 0 Å². The average molecular weight is 253 g/mol. The SMILES string of the molecule is CC1CC(C)CN(C(=O)CC2NCCNC2=O)C1. The summed E-state index contributed by atoms with van der Waals surface area (Å²) >= 11 is 0. The Balaban J connectivity index is 1.88. The van der Waals surface area contributed by atoms with Crippen molar-refractivity contribution in [2.75, 3.05) is 26.2 Å². The number of carbonyl (C=O) groups is 2. The third-order valence-corrected chi connectivity index (χ3v) is 3.73. The molecule has 3 unspecified atom stereocenters. The molecule has 0 saturated carbocycles. The van der Waals surface area contributed by atoms with Crippen LogP contribution in [0.4, 0.5) is 0 Å². The second kappa shape index (κ2) is 5.69. The van der Waals surface area contributed by atoms with Crippen molar-refractivity contribution in [1.82, 2.24) is 15.5 Å². The summed E-state index contributed by atoms with van der Waals surface area (Å²) in [5.74, 6) is 1.17. The summed E-state index contributed by atoms with van der Waals surface area (Å²) in [6.45, 7) is 7.43. The molecule has 0 bridgehead atoms. The molecule has 0 spiro atoms. The molecule has 5 heteroatoms. The molecule has 0 aromatic rings. The minimum Gasteiger partial charge on any atom is -0.353 e. The molecule has 0 aliphatic carbocycles. The first-order chi connectivity index (χ1) is 8.56. The molecule has 2 heterocycles. The van der Waals surface area contributed by atoms with Crippen LogP contribution in [-0.2, 0) is 9.59 Å². The molecule has 2 amide bonds. The molecule has 0 aromatic carbocycles. The lowest BCUT2D eigenvalue weighted by Gasteiger charge is -2.36. The summed E-state index contributed by atoms with van der Waals surface area (Å²) < 4.78 is 0. The Morgan fingerprint density at radius 2 is 1.94 bits per heavy atom. The van der Waals surface area contributed by atoms with E-state index in [-0.39, 0.29) is 24.3 Å². The summed E-state index contributed by atoms with van der Waals surface area (Å²) in [6.07, 6.45) is 1.47. The van der Waals surface area contributed by atoms with E-state index in [1.54, 1.807) is 0 Å². The van der Waals surface area contributed by atoms with Crippen LogP contribution in [0.25, 0.3) is 0 Å². The van der Waals surface area contributed by atoms with E-state index in [0.29, 0.717) is 18.4 Å². The van der Waals surface area contributed by atoms with Gasteiger partial charge >= 0.3 is 0 Å². The second-order valence-electron chi connectivity index (χ2n) is 5.75. The van der Waals surface area contributed by atoms with Crippen LogP contribution in [-0.4, -0.2) is 48.9 Å². The van der Waals surface area contributed by atoms with Crippen molar-refractivity contribution in [2.24, 2.45) is 11.8 Å². The standard InChI is InChI=1S/C13H23N3O2/c1-9-5-10(2)8-16(7-9)12(17)6-11-13(18)15-4-3-14-11/h9-11,14H,3-8H2,1-2H3,(H,15,18). The van der Waals surface area contributed by atoms with Gasteiger partial charge in [-0.25, -0.2) is 0 Å². The monoisotopic (exact) mass is 253 g/mol. The third kappa shape index (κ3) is 3.22. The van der Waals surface area contributed by atoms with E-state index in [1.807, 2.05) is 4.90 Å². The topological polar surface area (TPSA) is 61.4 Å². The van der Waals surface area contributed by atoms with Crippen molar-refractivity contribution in [3.05, 3.63) is 0 Å². The number of carbonyl (C=O) groups excluding carboxylic acids is 2. The number of piperazine rings is 1. The number of hydrogen-bond donors (Lipinski definition) is 2. The van der Waals surface area contributed by atoms with Gasteiger partial charge in [0.15, 0.2) is 0 Å². The van der Waals surface area contributed by atoms with Crippen LogP contribution in [0.15, 0.2) is 0 Å². The van der Waals surface area contributed by atoms with Crippen LogP contribution < -0.4 is 10.6 Å². The van der Waals surface area contributed by atoms with Gasteiger partial charge in [0.05, 0.1) is 12.5 Å². The maximum absolute atomic E-state index is 12.2. The highest BCUT2D eigenvalue weighted by molar-refractivity contribution is 5.88. The van der Waals surface area contributed by atoms with Gasteiger partial charge in [-0.3, -0.25) is 9.59 Å². The Morgan fingerprint density at radius 3 is 2.56 bits per heavy atom. The van der Waals surface area contributed by atoms with Crippen molar-refractivity contribution in [1.29, 1.82) is 0 Å². The van der Waals surface area contributed by atoms with Crippen LogP contribution in [0.3, 0.4) is 0 Å². The first kappa shape index (κ1) is 13.3. The lowest BCUT2D eigenvalue weighted by molar-refractivity contribution is -0.137. The molecule has 2 saturated heterocycles. The molecule has 2 rings (SSSR count). The molecule has 2 aliphatic heterocycles. The van der Waals surface area contributed by atoms with E-state index in [9.17, 15) is 9.59 Å². The lowest BCUT2D eigenvalue weighted by atomic mass is 9.91. The van der Waals surface area contributed by atoms with Crippen molar-refractivity contribution in [2.45, 2.75) is 32.7 Å². The van der Waals surface area contributed by atoms with E-state index < -0.39 is 0 Å². The van der Waals surface area contributed by atoms with Gasteiger partial charge in [0.2, 0.25) is 11.8 Å². The van der Waals surface area contributed by atoms with Gasteiger partial charge in [-0.15, -0.1) is 0 Å². The highest BCUT2D eigenvalue weighted by Crippen LogP contribution is 2.21. The quantitative estimate of drug-likeness (QED) is 0.726. The zero-order valence-electron chi connectivity index (χ0n) is 11.2. The summed E-state index contributed by atoms with van der Waals surface area (Å²) in [6, 6.07) is -0.348. The van der Waals surface area contributed by atoms with E-state index in [1.165, 1.54) is 6.42 Å². The van der Waals surface area contributed by atoms with Crippen LogP contribution in [0.5, 0.6) is 0 Å². The van der Waals surface area contributed by atoms with Crippen LogP contribution in [0, 0.1) is 11.8 Å². The molecule has 0 radical (unpaired) electrons. The van der Waals surface area contributed by atoms with Gasteiger partial charge in [0, 0.05) is 26.2 Å². The average Bonchev–Trinajstić information content (AvgIpc) is 2.31. The van der Waals surface area contributed by atoms with Crippen LogP contribution in [0.1, 0.15) is 26.7 Å². The van der Waals surface area contributed by atoms with E-state index in [2.05, 4.69) is 24.5 Å². The smallest absolute Gasteiger partial charge is 0.237 e. The zero-order chi connectivity index (χ0) is 13.1. The predicted molar refractivity (Wildman–Crippen MR) is 68.9 cm³/mol. The van der Waals surface area contributed by atoms with Crippen molar-refractivity contribution in [3.8, 4) is 0 Å². The highest BCUT2D eigenvalue weighted by atomic mass is 16.2. The Labute approximate surface area is 108 Å². The van der Waals surface area contributed by atoms with Gasteiger partial charge in [-0.05, 0) is 18.3 Å². The molecule has 2 fully saturated rings. The van der Waals surface area contributed by atoms with E-state index in [4.69, 9.17) is 0 Å². The minimum absolute atomic E-state index is 0.0484. The van der Waals surface area contributed by atoms with Gasteiger partial charge in [-0.2, -0.15) is 0 Å². The first-order valence-corrected chi connectivity index (χ1v) is 6.85.